The number of hydrogen-bond donors (Lipinski definition) is 0. The lowest BCUT2D eigenvalue weighted by molar-refractivity contribution is 0.255. The van der Waals surface area contributed by atoms with Crippen molar-refractivity contribution in [2.45, 2.75) is 13.3 Å². The van der Waals surface area contributed by atoms with Gasteiger partial charge in [0, 0.05) is 0 Å². The Labute approximate surface area is 52.8 Å². The molecule has 50 valence electrons. The quantitative estimate of drug-likeness (QED) is 0.605. The summed E-state index contributed by atoms with van der Waals surface area (Å²) in [7, 11) is 0. The topological polar surface area (TPSA) is 48.2 Å². The average Bonchev–Trinajstić information content (AvgIpc) is 2.34. The van der Waals surface area contributed by atoms with Crippen molar-refractivity contribution in [2.24, 2.45) is 0 Å². The fourth-order valence-electron chi connectivity index (χ4n) is 0.426. The molecule has 9 heavy (non-hydrogen) atoms. The first-order chi connectivity index (χ1) is 4.43. The zero-order valence-corrected chi connectivity index (χ0v) is 5.20. The SMILES string of the molecule is CCCOc1cnon1. The summed E-state index contributed by atoms with van der Waals surface area (Å²) in [6.07, 6.45) is 2.41. The highest BCUT2D eigenvalue weighted by atomic mass is 16.6. The molecular formula is C5H8N2O2. The summed E-state index contributed by atoms with van der Waals surface area (Å²) in [4.78, 5) is 0. The lowest BCUT2D eigenvalue weighted by Crippen LogP contribution is -1.94. The zero-order valence-electron chi connectivity index (χ0n) is 5.20. The summed E-state index contributed by atoms with van der Waals surface area (Å²) in [5, 5.41) is 6.81. The van der Waals surface area contributed by atoms with E-state index >= 15 is 0 Å². The van der Waals surface area contributed by atoms with Crippen LogP contribution in [0.4, 0.5) is 0 Å². The van der Waals surface area contributed by atoms with Gasteiger partial charge >= 0.3 is 0 Å². The number of aromatic nitrogens is 2. The molecule has 0 N–H and O–H groups in total. The van der Waals surface area contributed by atoms with Crippen molar-refractivity contribution in [2.75, 3.05) is 6.61 Å². The Balaban J connectivity index is 2.30. The molecule has 1 aromatic heterocycles. The van der Waals surface area contributed by atoms with Gasteiger partial charge in [-0.3, -0.25) is 0 Å². The summed E-state index contributed by atoms with van der Waals surface area (Å²) in [5.74, 6) is 0.455. The van der Waals surface area contributed by atoms with Crippen LogP contribution in [0.15, 0.2) is 10.8 Å². The van der Waals surface area contributed by atoms with Gasteiger partial charge in [0.2, 0.25) is 0 Å². The third-order valence-electron chi connectivity index (χ3n) is 0.795. The van der Waals surface area contributed by atoms with Gasteiger partial charge in [-0.1, -0.05) is 12.1 Å². The molecule has 0 saturated carbocycles. The highest BCUT2D eigenvalue weighted by molar-refractivity contribution is 4.95. The minimum absolute atomic E-state index is 0.455. The Morgan fingerprint density at radius 1 is 1.78 bits per heavy atom. The van der Waals surface area contributed by atoms with Gasteiger partial charge in [0.25, 0.3) is 5.88 Å². The van der Waals surface area contributed by atoms with Crippen molar-refractivity contribution in [3.05, 3.63) is 6.20 Å². The molecule has 0 fully saturated rings. The van der Waals surface area contributed by atoms with Crippen LogP contribution < -0.4 is 4.74 Å². The maximum absolute atomic E-state index is 5.03. The molecule has 0 aliphatic rings. The zero-order chi connectivity index (χ0) is 6.53. The molecule has 4 nitrogen and oxygen atoms in total. The van der Waals surface area contributed by atoms with E-state index in [4.69, 9.17) is 4.74 Å². The highest BCUT2D eigenvalue weighted by Crippen LogP contribution is 2.00. The molecule has 1 rings (SSSR count). The van der Waals surface area contributed by atoms with Crippen LogP contribution in [0.5, 0.6) is 5.88 Å². The van der Waals surface area contributed by atoms with Crippen LogP contribution in [0.2, 0.25) is 0 Å². The van der Waals surface area contributed by atoms with E-state index in [2.05, 4.69) is 14.9 Å². The minimum atomic E-state index is 0.455. The van der Waals surface area contributed by atoms with E-state index in [0.717, 1.165) is 6.42 Å². The molecule has 0 saturated heterocycles. The summed E-state index contributed by atoms with van der Waals surface area (Å²) in [5.41, 5.74) is 0. The van der Waals surface area contributed by atoms with Crippen LogP contribution in [-0.4, -0.2) is 16.9 Å². The van der Waals surface area contributed by atoms with Gasteiger partial charge in [0.05, 0.1) is 6.61 Å². The third kappa shape index (κ3) is 1.71. The summed E-state index contributed by atoms with van der Waals surface area (Å²) in [6, 6.07) is 0. The fraction of sp³-hybridized carbons (Fsp3) is 0.600. The van der Waals surface area contributed by atoms with E-state index in [9.17, 15) is 0 Å². The van der Waals surface area contributed by atoms with Crippen LogP contribution in [0.25, 0.3) is 0 Å². The second-order valence-electron chi connectivity index (χ2n) is 1.59. The second-order valence-corrected chi connectivity index (χ2v) is 1.59. The predicted octanol–water partition coefficient (Wildman–Crippen LogP) is 0.858. The lowest BCUT2D eigenvalue weighted by Gasteiger charge is -1.94. The van der Waals surface area contributed by atoms with E-state index in [1.54, 1.807) is 0 Å². The van der Waals surface area contributed by atoms with Crippen molar-refractivity contribution in [1.29, 1.82) is 0 Å². The van der Waals surface area contributed by atoms with Crippen molar-refractivity contribution < 1.29 is 9.37 Å². The van der Waals surface area contributed by atoms with E-state index < -0.39 is 0 Å². The number of ether oxygens (including phenoxy) is 1. The lowest BCUT2D eigenvalue weighted by atomic mass is 10.5. The van der Waals surface area contributed by atoms with Gasteiger partial charge < -0.3 is 4.74 Å². The number of hydrogen-bond acceptors (Lipinski definition) is 4. The molecule has 0 atom stereocenters. The van der Waals surface area contributed by atoms with Gasteiger partial charge in [-0.2, -0.15) is 0 Å². The largest absolute Gasteiger partial charge is 0.474 e. The molecular weight excluding hydrogens is 120 g/mol. The van der Waals surface area contributed by atoms with Gasteiger partial charge in [-0.25, -0.2) is 4.63 Å². The first kappa shape index (κ1) is 6.07. The molecule has 0 spiro atoms. The maximum Gasteiger partial charge on any atom is 0.275 e. The van der Waals surface area contributed by atoms with Crippen molar-refractivity contribution >= 4 is 0 Å². The van der Waals surface area contributed by atoms with Gasteiger partial charge in [-0.05, 0) is 11.6 Å². The molecule has 0 aliphatic carbocycles. The van der Waals surface area contributed by atoms with Crippen LogP contribution in [-0.2, 0) is 0 Å². The molecule has 0 aromatic carbocycles. The fourth-order valence-corrected chi connectivity index (χ4v) is 0.426. The minimum Gasteiger partial charge on any atom is -0.474 e. The first-order valence-corrected chi connectivity index (χ1v) is 2.84. The molecule has 1 heterocycles. The van der Waals surface area contributed by atoms with Crippen LogP contribution in [0.3, 0.4) is 0 Å². The molecule has 0 bridgehead atoms. The smallest absolute Gasteiger partial charge is 0.275 e. The van der Waals surface area contributed by atoms with Crippen LogP contribution >= 0.6 is 0 Å². The van der Waals surface area contributed by atoms with Crippen molar-refractivity contribution in [3.63, 3.8) is 0 Å². The normalized spacial score (nSPS) is 9.44. The standard InChI is InChI=1S/C5H8N2O2/c1-2-3-8-5-4-6-9-7-5/h4H,2-3H2,1H3. The van der Waals surface area contributed by atoms with Crippen LogP contribution in [0.1, 0.15) is 13.3 Å². The Morgan fingerprint density at radius 2 is 2.67 bits per heavy atom. The Bertz CT molecular complexity index is 150. The van der Waals surface area contributed by atoms with Crippen LogP contribution in [0, 0.1) is 0 Å². The van der Waals surface area contributed by atoms with E-state index in [1.165, 1.54) is 6.20 Å². The molecule has 0 unspecified atom stereocenters. The average molecular weight is 128 g/mol. The molecule has 0 aliphatic heterocycles. The molecule has 0 amide bonds. The third-order valence-corrected chi connectivity index (χ3v) is 0.795. The molecule has 4 heteroatoms. The number of rotatable bonds is 3. The summed E-state index contributed by atoms with van der Waals surface area (Å²) >= 11 is 0. The van der Waals surface area contributed by atoms with E-state index in [1.807, 2.05) is 6.92 Å². The monoisotopic (exact) mass is 128 g/mol. The maximum atomic E-state index is 5.03. The van der Waals surface area contributed by atoms with E-state index in [-0.39, 0.29) is 0 Å². The van der Waals surface area contributed by atoms with E-state index in [0.29, 0.717) is 12.5 Å². The van der Waals surface area contributed by atoms with Gasteiger partial charge in [0.15, 0.2) is 0 Å². The van der Waals surface area contributed by atoms with Crippen molar-refractivity contribution in [1.82, 2.24) is 10.3 Å². The predicted molar refractivity (Wildman–Crippen MR) is 30.1 cm³/mol. The Kier molecular flexibility index (Phi) is 2.06. The molecule has 1 aromatic rings. The second kappa shape index (κ2) is 3.06. The van der Waals surface area contributed by atoms with Crippen molar-refractivity contribution in [3.8, 4) is 5.88 Å². The first-order valence-electron chi connectivity index (χ1n) is 2.84. The highest BCUT2D eigenvalue weighted by Gasteiger charge is 1.93. The number of nitrogens with zero attached hydrogens (tertiary/aromatic N) is 2. The van der Waals surface area contributed by atoms with Gasteiger partial charge in [0.1, 0.15) is 6.20 Å². The summed E-state index contributed by atoms with van der Waals surface area (Å²) in [6.45, 7) is 2.68. The van der Waals surface area contributed by atoms with Gasteiger partial charge in [-0.15, -0.1) is 0 Å². The Morgan fingerprint density at radius 3 is 3.22 bits per heavy atom. The Hall–Kier alpha value is -1.06. The summed E-state index contributed by atoms with van der Waals surface area (Å²) < 4.78 is 9.31. The molecule has 0 radical (unpaired) electrons.